The Balaban J connectivity index is 2.29. The van der Waals surface area contributed by atoms with Gasteiger partial charge in [-0.1, -0.05) is 51.0 Å². The topological polar surface area (TPSA) is 117 Å². The van der Waals surface area contributed by atoms with Crippen molar-refractivity contribution in [2.24, 2.45) is 0 Å². The molecule has 0 aliphatic heterocycles. The van der Waals surface area contributed by atoms with Gasteiger partial charge in [-0.05, 0) is 25.0 Å². The van der Waals surface area contributed by atoms with Crippen LogP contribution >= 0.6 is 0 Å². The molecule has 0 aromatic heterocycles. The van der Waals surface area contributed by atoms with Crippen molar-refractivity contribution in [1.29, 1.82) is 0 Å². The third-order valence-electron chi connectivity index (χ3n) is 5.25. The molecule has 0 heterocycles. The summed E-state index contributed by atoms with van der Waals surface area (Å²) in [5.74, 6) is 0. The third-order valence-corrected chi connectivity index (χ3v) is 6.16. The van der Waals surface area contributed by atoms with Gasteiger partial charge in [0.05, 0.1) is 25.4 Å². The fraction of sp³-hybridized carbons (Fsp3) is 0.583. The molecule has 0 spiro atoms. The summed E-state index contributed by atoms with van der Waals surface area (Å²) in [6, 6.07) is 9.76. The lowest BCUT2D eigenvalue weighted by atomic mass is 10.1. The van der Waals surface area contributed by atoms with Gasteiger partial charge in [0.25, 0.3) is 10.1 Å². The first kappa shape index (κ1) is 27.5. The van der Waals surface area contributed by atoms with Gasteiger partial charge in [-0.2, -0.15) is 8.42 Å². The molecule has 2 unspecified atom stereocenters. The maximum Gasteiger partial charge on any atom is 0.295 e. The summed E-state index contributed by atoms with van der Waals surface area (Å²) in [5.41, 5.74) is 0.637. The smallest absolute Gasteiger partial charge is 0.295 e. The van der Waals surface area contributed by atoms with E-state index in [0.29, 0.717) is 29.7 Å². The van der Waals surface area contributed by atoms with E-state index in [1.165, 1.54) is 6.07 Å². The predicted octanol–water partition coefficient (Wildman–Crippen LogP) is 3.25. The summed E-state index contributed by atoms with van der Waals surface area (Å²) in [7, 11) is -4.41. The predicted molar refractivity (Wildman–Crippen MR) is 129 cm³/mol. The molecule has 0 aliphatic rings. The van der Waals surface area contributed by atoms with E-state index < -0.39 is 22.3 Å². The zero-order valence-electron chi connectivity index (χ0n) is 19.5. The standard InChI is InChI=1S/C24H37NO7S/c1-3-5-13-31-17-19(26)15-25(16-20(27)18-32-14-6-4-2)23-11-12-24(33(28,29)30)22-10-8-7-9-21(22)23/h7-12,19-20,26-27H,3-6,13-18H2,1-2H3,(H,28,29,30). The van der Waals surface area contributed by atoms with E-state index in [-0.39, 0.29) is 31.2 Å². The highest BCUT2D eigenvalue weighted by atomic mass is 32.2. The highest BCUT2D eigenvalue weighted by molar-refractivity contribution is 7.86. The molecule has 0 bridgehead atoms. The molecule has 2 atom stereocenters. The highest BCUT2D eigenvalue weighted by Gasteiger charge is 2.22. The van der Waals surface area contributed by atoms with E-state index in [4.69, 9.17) is 9.47 Å². The normalized spacial score (nSPS) is 13.8. The molecule has 0 aliphatic carbocycles. The summed E-state index contributed by atoms with van der Waals surface area (Å²) in [6.45, 7) is 5.91. The lowest BCUT2D eigenvalue weighted by Crippen LogP contribution is -2.41. The second-order valence-corrected chi connectivity index (χ2v) is 9.56. The summed E-state index contributed by atoms with van der Waals surface area (Å²) in [4.78, 5) is 1.62. The largest absolute Gasteiger partial charge is 0.389 e. The number of anilines is 1. The maximum absolute atomic E-state index is 11.9. The van der Waals surface area contributed by atoms with Gasteiger partial charge in [0.2, 0.25) is 0 Å². The van der Waals surface area contributed by atoms with Gasteiger partial charge in [0, 0.05) is 42.8 Å². The van der Waals surface area contributed by atoms with Gasteiger partial charge in [0.15, 0.2) is 0 Å². The van der Waals surface area contributed by atoms with Crippen LogP contribution in [0.15, 0.2) is 41.3 Å². The van der Waals surface area contributed by atoms with Gasteiger partial charge in [0.1, 0.15) is 4.90 Å². The third kappa shape index (κ3) is 8.84. The number of hydrogen-bond donors (Lipinski definition) is 3. The number of aliphatic hydroxyl groups is 2. The molecule has 2 aromatic rings. The molecule has 33 heavy (non-hydrogen) atoms. The van der Waals surface area contributed by atoms with Crippen LogP contribution in [-0.4, -0.2) is 74.9 Å². The zero-order chi connectivity index (χ0) is 24.3. The van der Waals surface area contributed by atoms with Gasteiger partial charge in [-0.15, -0.1) is 0 Å². The molecule has 3 N–H and O–H groups in total. The van der Waals surface area contributed by atoms with Crippen molar-refractivity contribution in [3.63, 3.8) is 0 Å². The van der Waals surface area contributed by atoms with Crippen molar-refractivity contribution in [2.45, 2.75) is 56.6 Å². The molecule has 0 radical (unpaired) electrons. The number of benzene rings is 2. The monoisotopic (exact) mass is 483 g/mol. The first-order valence-corrected chi connectivity index (χ1v) is 13.0. The highest BCUT2D eigenvalue weighted by Crippen LogP contribution is 2.32. The van der Waals surface area contributed by atoms with Crippen LogP contribution in [0, 0.1) is 0 Å². The van der Waals surface area contributed by atoms with Crippen LogP contribution < -0.4 is 4.90 Å². The lowest BCUT2D eigenvalue weighted by Gasteiger charge is -2.30. The Morgan fingerprint density at radius 2 is 1.36 bits per heavy atom. The Hall–Kier alpha value is -1.75. The Kier molecular flexibility index (Phi) is 11.5. The average molecular weight is 484 g/mol. The second kappa shape index (κ2) is 13.8. The van der Waals surface area contributed by atoms with E-state index >= 15 is 0 Å². The van der Waals surface area contributed by atoms with Gasteiger partial charge in [-0.3, -0.25) is 4.55 Å². The van der Waals surface area contributed by atoms with Crippen molar-refractivity contribution in [3.8, 4) is 0 Å². The number of ether oxygens (including phenoxy) is 2. The van der Waals surface area contributed by atoms with E-state index in [9.17, 15) is 23.2 Å². The van der Waals surface area contributed by atoms with Crippen LogP contribution in [0.25, 0.3) is 10.8 Å². The SMILES string of the molecule is CCCCOCC(O)CN(CC(O)COCCCC)c1ccc(S(=O)(=O)O)c2ccccc12. The maximum atomic E-state index is 11.9. The molecular formula is C24H37NO7S. The average Bonchev–Trinajstić information content (AvgIpc) is 2.78. The number of aliphatic hydroxyl groups excluding tert-OH is 2. The minimum atomic E-state index is -4.41. The molecular weight excluding hydrogens is 446 g/mol. The minimum Gasteiger partial charge on any atom is -0.389 e. The zero-order valence-corrected chi connectivity index (χ0v) is 20.3. The Morgan fingerprint density at radius 3 is 1.85 bits per heavy atom. The van der Waals surface area contributed by atoms with Gasteiger partial charge >= 0.3 is 0 Å². The van der Waals surface area contributed by atoms with Crippen molar-refractivity contribution < 1.29 is 32.7 Å². The van der Waals surface area contributed by atoms with Crippen LogP contribution in [0.4, 0.5) is 5.69 Å². The van der Waals surface area contributed by atoms with Crippen LogP contribution in [0.1, 0.15) is 39.5 Å². The van der Waals surface area contributed by atoms with Crippen LogP contribution in [0.2, 0.25) is 0 Å². The van der Waals surface area contributed by atoms with Gasteiger partial charge in [-0.25, -0.2) is 0 Å². The van der Waals surface area contributed by atoms with E-state index in [1.807, 2.05) is 0 Å². The van der Waals surface area contributed by atoms with Crippen molar-refractivity contribution >= 4 is 26.6 Å². The lowest BCUT2D eigenvalue weighted by molar-refractivity contribution is 0.0289. The van der Waals surface area contributed by atoms with Crippen molar-refractivity contribution in [2.75, 3.05) is 44.4 Å². The van der Waals surface area contributed by atoms with Gasteiger partial charge < -0.3 is 24.6 Å². The molecule has 2 aromatic carbocycles. The summed E-state index contributed by atoms with van der Waals surface area (Å²) < 4.78 is 44.4. The fourth-order valence-corrected chi connectivity index (χ4v) is 4.27. The molecule has 0 amide bonds. The van der Waals surface area contributed by atoms with Crippen molar-refractivity contribution in [1.82, 2.24) is 0 Å². The Labute approximate surface area is 196 Å². The summed E-state index contributed by atoms with van der Waals surface area (Å²) in [6.07, 6.45) is 2.19. The van der Waals surface area contributed by atoms with Crippen LogP contribution in [-0.2, 0) is 19.6 Å². The number of hydrogen-bond acceptors (Lipinski definition) is 7. The number of unbranched alkanes of at least 4 members (excludes halogenated alkanes) is 2. The van der Waals surface area contributed by atoms with Crippen molar-refractivity contribution in [3.05, 3.63) is 36.4 Å². The molecule has 0 saturated heterocycles. The number of fused-ring (bicyclic) bond motifs is 1. The fourth-order valence-electron chi connectivity index (χ4n) is 3.57. The van der Waals surface area contributed by atoms with Crippen LogP contribution in [0.5, 0.6) is 0 Å². The van der Waals surface area contributed by atoms with E-state index in [1.54, 1.807) is 35.2 Å². The van der Waals surface area contributed by atoms with E-state index in [2.05, 4.69) is 13.8 Å². The second-order valence-electron chi connectivity index (χ2n) is 8.17. The summed E-state index contributed by atoms with van der Waals surface area (Å²) >= 11 is 0. The molecule has 2 rings (SSSR count). The van der Waals surface area contributed by atoms with Crippen LogP contribution in [0.3, 0.4) is 0 Å². The number of nitrogens with zero attached hydrogens (tertiary/aromatic N) is 1. The molecule has 186 valence electrons. The number of rotatable bonds is 16. The first-order valence-electron chi connectivity index (χ1n) is 11.5. The molecule has 0 fully saturated rings. The van der Waals surface area contributed by atoms with E-state index in [0.717, 1.165) is 25.7 Å². The first-order chi connectivity index (χ1) is 15.8. The molecule has 0 saturated carbocycles. The minimum absolute atomic E-state index is 0.153. The summed E-state index contributed by atoms with van der Waals surface area (Å²) in [5, 5.41) is 22.1. The quantitative estimate of drug-likeness (QED) is 0.246. The Bertz CT molecular complexity index is 931. The Morgan fingerprint density at radius 1 is 0.848 bits per heavy atom. The molecule has 8 nitrogen and oxygen atoms in total. The molecule has 9 heteroatoms.